The van der Waals surface area contributed by atoms with Crippen molar-refractivity contribution in [3.8, 4) is 0 Å². The molecular formula is C11H8Cl2N4O2. The number of carbonyl (C=O) groups excluding carboxylic acids is 1. The van der Waals surface area contributed by atoms with Gasteiger partial charge < -0.3 is 4.42 Å². The van der Waals surface area contributed by atoms with Crippen molar-refractivity contribution in [2.75, 3.05) is 5.32 Å². The molecule has 1 aliphatic carbocycles. The molecule has 98 valence electrons. The summed E-state index contributed by atoms with van der Waals surface area (Å²) in [6, 6.07) is 3.01. The third-order valence-corrected chi connectivity index (χ3v) is 3.15. The first kappa shape index (κ1) is 12.4. The van der Waals surface area contributed by atoms with Crippen molar-refractivity contribution in [2.24, 2.45) is 0 Å². The number of anilines is 1. The maximum absolute atomic E-state index is 11.9. The fourth-order valence-electron chi connectivity index (χ4n) is 1.53. The van der Waals surface area contributed by atoms with E-state index in [2.05, 4.69) is 20.5 Å². The van der Waals surface area contributed by atoms with Gasteiger partial charge in [0.2, 0.25) is 5.89 Å². The molecular weight excluding hydrogens is 291 g/mol. The molecule has 1 saturated carbocycles. The molecule has 0 radical (unpaired) electrons. The van der Waals surface area contributed by atoms with E-state index in [9.17, 15) is 4.79 Å². The summed E-state index contributed by atoms with van der Waals surface area (Å²) in [5.74, 6) is 0.412. The van der Waals surface area contributed by atoms with E-state index in [1.54, 1.807) is 0 Å². The molecule has 0 saturated heterocycles. The highest BCUT2D eigenvalue weighted by molar-refractivity contribution is 6.35. The highest BCUT2D eigenvalue weighted by atomic mass is 35.5. The van der Waals surface area contributed by atoms with Crippen molar-refractivity contribution in [3.63, 3.8) is 0 Å². The Bertz CT molecular complexity index is 639. The summed E-state index contributed by atoms with van der Waals surface area (Å²) < 4.78 is 5.32. The lowest BCUT2D eigenvalue weighted by Gasteiger charge is -2.02. The average Bonchev–Trinajstić information content (AvgIpc) is 3.10. The van der Waals surface area contributed by atoms with E-state index in [1.165, 1.54) is 12.1 Å². The van der Waals surface area contributed by atoms with Gasteiger partial charge in [0.15, 0.2) is 0 Å². The fourth-order valence-corrected chi connectivity index (χ4v) is 1.96. The van der Waals surface area contributed by atoms with Crippen molar-refractivity contribution in [1.29, 1.82) is 0 Å². The first-order valence-corrected chi connectivity index (χ1v) is 6.36. The van der Waals surface area contributed by atoms with Crippen LogP contribution < -0.4 is 5.32 Å². The van der Waals surface area contributed by atoms with Gasteiger partial charge in [-0.3, -0.25) is 10.1 Å². The summed E-state index contributed by atoms with van der Waals surface area (Å²) in [6.45, 7) is 0. The molecule has 0 spiro atoms. The number of nitrogens with one attached hydrogen (secondary N) is 1. The minimum absolute atomic E-state index is 0.0203. The summed E-state index contributed by atoms with van der Waals surface area (Å²) in [5, 5.41) is 10.3. The van der Waals surface area contributed by atoms with Gasteiger partial charge in [-0.1, -0.05) is 28.3 Å². The molecule has 0 unspecified atom stereocenters. The Morgan fingerprint density at radius 1 is 1.32 bits per heavy atom. The smallest absolute Gasteiger partial charge is 0.322 e. The Labute approximate surface area is 118 Å². The topological polar surface area (TPSA) is 80.9 Å². The van der Waals surface area contributed by atoms with Crippen molar-refractivity contribution in [1.82, 2.24) is 15.2 Å². The minimum Gasteiger partial charge on any atom is -0.408 e. The maximum atomic E-state index is 11.9. The van der Waals surface area contributed by atoms with E-state index in [4.69, 9.17) is 27.6 Å². The SMILES string of the molecule is O=C(Nc1nnc(C2CC2)o1)c1ccc(Cl)nc1Cl. The number of pyridine rings is 1. The maximum Gasteiger partial charge on any atom is 0.322 e. The van der Waals surface area contributed by atoms with E-state index < -0.39 is 5.91 Å². The molecule has 0 atom stereocenters. The standard InChI is InChI=1S/C11H8Cl2N4O2/c12-7-4-3-6(8(13)14-7)9(18)15-11-17-16-10(19-11)5-1-2-5/h3-5H,1-2H2,(H,15,17,18). The lowest BCUT2D eigenvalue weighted by Crippen LogP contribution is -2.13. The number of hydrogen-bond acceptors (Lipinski definition) is 5. The first-order chi connectivity index (χ1) is 9.13. The molecule has 2 aromatic heterocycles. The lowest BCUT2D eigenvalue weighted by atomic mass is 10.3. The van der Waals surface area contributed by atoms with Crippen LogP contribution in [0, 0.1) is 0 Å². The van der Waals surface area contributed by atoms with E-state index in [0.29, 0.717) is 11.8 Å². The van der Waals surface area contributed by atoms with Crippen LogP contribution in [-0.4, -0.2) is 21.1 Å². The molecule has 2 aromatic rings. The summed E-state index contributed by atoms with van der Waals surface area (Å²) in [5.41, 5.74) is 0.192. The number of aromatic nitrogens is 3. The van der Waals surface area contributed by atoms with E-state index in [-0.39, 0.29) is 21.9 Å². The molecule has 3 rings (SSSR count). The van der Waals surface area contributed by atoms with Gasteiger partial charge in [-0.05, 0) is 25.0 Å². The number of amides is 1. The van der Waals surface area contributed by atoms with Crippen molar-refractivity contribution in [2.45, 2.75) is 18.8 Å². The zero-order valence-electron chi connectivity index (χ0n) is 9.56. The molecule has 1 N–H and O–H groups in total. The zero-order chi connectivity index (χ0) is 13.4. The summed E-state index contributed by atoms with van der Waals surface area (Å²) in [6.07, 6.45) is 2.09. The van der Waals surface area contributed by atoms with Crippen LogP contribution in [0.3, 0.4) is 0 Å². The molecule has 6 nitrogen and oxygen atoms in total. The molecule has 1 fully saturated rings. The number of halogens is 2. The number of nitrogens with zero attached hydrogens (tertiary/aromatic N) is 3. The lowest BCUT2D eigenvalue weighted by molar-refractivity contribution is 0.102. The van der Waals surface area contributed by atoms with Crippen LogP contribution in [0.4, 0.5) is 6.01 Å². The summed E-state index contributed by atoms with van der Waals surface area (Å²) >= 11 is 11.5. The highest BCUT2D eigenvalue weighted by Crippen LogP contribution is 2.39. The van der Waals surface area contributed by atoms with Gasteiger partial charge in [-0.2, -0.15) is 0 Å². The Hall–Kier alpha value is -1.66. The zero-order valence-corrected chi connectivity index (χ0v) is 11.1. The summed E-state index contributed by atoms with van der Waals surface area (Å²) in [4.78, 5) is 15.7. The summed E-state index contributed by atoms with van der Waals surface area (Å²) in [7, 11) is 0. The second-order valence-electron chi connectivity index (χ2n) is 4.15. The first-order valence-electron chi connectivity index (χ1n) is 5.60. The van der Waals surface area contributed by atoms with Crippen LogP contribution in [0.15, 0.2) is 16.5 Å². The van der Waals surface area contributed by atoms with Gasteiger partial charge >= 0.3 is 6.01 Å². The van der Waals surface area contributed by atoms with Gasteiger partial charge in [0.25, 0.3) is 5.91 Å². The van der Waals surface area contributed by atoms with Crippen LogP contribution in [-0.2, 0) is 0 Å². The van der Waals surface area contributed by atoms with Crippen molar-refractivity contribution in [3.05, 3.63) is 33.9 Å². The Balaban J connectivity index is 1.76. The normalized spacial score (nSPS) is 14.4. The average molecular weight is 299 g/mol. The largest absolute Gasteiger partial charge is 0.408 e. The third kappa shape index (κ3) is 2.69. The van der Waals surface area contributed by atoms with E-state index in [1.807, 2.05) is 0 Å². The molecule has 1 amide bonds. The van der Waals surface area contributed by atoms with Gasteiger partial charge in [-0.15, -0.1) is 5.10 Å². The number of rotatable bonds is 3. The van der Waals surface area contributed by atoms with E-state index >= 15 is 0 Å². The Morgan fingerprint density at radius 3 is 2.79 bits per heavy atom. The fraction of sp³-hybridized carbons (Fsp3) is 0.273. The quantitative estimate of drug-likeness (QED) is 0.881. The molecule has 1 aliphatic rings. The predicted octanol–water partition coefficient (Wildman–Crippen LogP) is 2.90. The molecule has 0 aliphatic heterocycles. The molecule has 0 bridgehead atoms. The predicted molar refractivity (Wildman–Crippen MR) is 68.5 cm³/mol. The molecule has 2 heterocycles. The monoisotopic (exact) mass is 298 g/mol. The molecule has 19 heavy (non-hydrogen) atoms. The van der Waals surface area contributed by atoms with Crippen molar-refractivity contribution >= 4 is 35.1 Å². The van der Waals surface area contributed by atoms with E-state index in [0.717, 1.165) is 12.8 Å². The minimum atomic E-state index is -0.472. The van der Waals surface area contributed by atoms with Gasteiger partial charge in [0, 0.05) is 5.92 Å². The van der Waals surface area contributed by atoms with Crippen LogP contribution in [0.5, 0.6) is 0 Å². The second-order valence-corrected chi connectivity index (χ2v) is 4.89. The third-order valence-electron chi connectivity index (χ3n) is 2.65. The second kappa shape index (κ2) is 4.79. The van der Waals surface area contributed by atoms with Crippen LogP contribution in [0.2, 0.25) is 10.3 Å². The highest BCUT2D eigenvalue weighted by Gasteiger charge is 2.29. The number of carbonyl (C=O) groups is 1. The Kier molecular flexibility index (Phi) is 3.12. The van der Waals surface area contributed by atoms with Crippen LogP contribution in [0.25, 0.3) is 0 Å². The van der Waals surface area contributed by atoms with Crippen molar-refractivity contribution < 1.29 is 9.21 Å². The van der Waals surface area contributed by atoms with Gasteiger partial charge in [0.05, 0.1) is 5.56 Å². The van der Waals surface area contributed by atoms with Gasteiger partial charge in [0.1, 0.15) is 10.3 Å². The molecule has 0 aromatic carbocycles. The Morgan fingerprint density at radius 2 is 2.11 bits per heavy atom. The molecule has 8 heteroatoms. The van der Waals surface area contributed by atoms with Crippen LogP contribution in [0.1, 0.15) is 35.0 Å². The van der Waals surface area contributed by atoms with Gasteiger partial charge in [-0.25, -0.2) is 4.98 Å². The van der Waals surface area contributed by atoms with Crippen LogP contribution >= 0.6 is 23.2 Å². The number of hydrogen-bond donors (Lipinski definition) is 1.